The number of hydrogen-bond acceptors (Lipinski definition) is 21. The van der Waals surface area contributed by atoms with Crippen molar-refractivity contribution in [3.8, 4) is 6.07 Å². The quantitative estimate of drug-likeness (QED) is 0.00910. The fourth-order valence-corrected chi connectivity index (χ4v) is 6.18. The number of hydrogen-bond donors (Lipinski definition) is 10. The van der Waals surface area contributed by atoms with Crippen molar-refractivity contribution >= 4 is 149 Å². The summed E-state index contributed by atoms with van der Waals surface area (Å²) in [4.78, 5) is 37.7. The number of carbonyl (C=O) groups is 2. The summed E-state index contributed by atoms with van der Waals surface area (Å²) in [6, 6.07) is 19.7. The molecule has 9 rings (SSSR count). The Balaban J connectivity index is -0.0000000978. The molecule has 472 valence electrons. The zero-order valence-electron chi connectivity index (χ0n) is 45.5. The van der Waals surface area contributed by atoms with Gasteiger partial charge >= 0.3 is 19.7 Å². The third-order valence-corrected chi connectivity index (χ3v) is 10.0. The molecule has 88 heavy (non-hydrogen) atoms. The predicted molar refractivity (Wildman–Crippen MR) is 335 cm³/mol. The summed E-state index contributed by atoms with van der Waals surface area (Å²) in [5.74, 6) is 11.4. The van der Waals surface area contributed by atoms with Crippen LogP contribution in [0.15, 0.2) is 54.6 Å². The van der Waals surface area contributed by atoms with Gasteiger partial charge in [0.25, 0.3) is 0 Å². The first-order chi connectivity index (χ1) is 36.9. The average Bonchev–Trinajstić information content (AvgIpc) is 4.26. The number of rotatable bonds is 5. The first-order valence-corrected chi connectivity index (χ1v) is 27.3. The Kier molecular flexibility index (Phi) is 73.1. The van der Waals surface area contributed by atoms with Gasteiger partial charge in [0.1, 0.15) is 19.0 Å². The summed E-state index contributed by atoms with van der Waals surface area (Å²) >= 11 is 7.58. The van der Waals surface area contributed by atoms with Crippen LogP contribution in [0.25, 0.3) is 16.6 Å². The number of nitrogens with zero attached hydrogens (tertiary/aromatic N) is 13. The maximum absolute atomic E-state index is 10.1. The Morgan fingerprint density at radius 3 is 1.42 bits per heavy atom. The molecule has 4 atom stereocenters. The summed E-state index contributed by atoms with van der Waals surface area (Å²) in [5.41, 5.74) is 19.7. The fraction of sp³-hybridized carbons (Fsp3) is 0.209. The minimum absolute atomic E-state index is 0. The molecule has 0 aliphatic heterocycles. The molecule has 0 spiro atoms. The third kappa shape index (κ3) is 45.6. The van der Waals surface area contributed by atoms with Crippen molar-refractivity contribution in [1.82, 2.24) is 58.4 Å². The Morgan fingerprint density at radius 1 is 0.705 bits per heavy atom. The van der Waals surface area contributed by atoms with Crippen molar-refractivity contribution in [2.24, 2.45) is 16.9 Å². The van der Waals surface area contributed by atoms with Crippen LogP contribution in [-0.4, -0.2) is 103 Å². The SMILES string of the molecule is C.C.C.Cc1[c-]c(C#N)[nH]c1.Cc1[c-]c(C=O)[nH]c1.Cc1[c-]c(C=O)n(N)c1.Cc1[c-]c2c(N(P)P)ncnn2c1.Cc1[c-]c2c(N(P)P)ncnn2c1Br.Cc1[c-]c2c(N)ncnn2c1.N=CN.NCl.NOS(=O)(=O)O.O=S(=O)(O)Cl.[Y].[Y].[Y].[Y].[Y].[Y]. The van der Waals surface area contributed by atoms with E-state index in [4.69, 9.17) is 39.8 Å². The van der Waals surface area contributed by atoms with Gasteiger partial charge in [-0.15, -0.1) is 79.6 Å². The van der Waals surface area contributed by atoms with Crippen LogP contribution in [0, 0.1) is 94.7 Å². The molecule has 0 aliphatic carbocycles. The Labute approximate surface area is 691 Å². The van der Waals surface area contributed by atoms with E-state index in [9.17, 15) is 18.0 Å². The number of nitriles is 1. The maximum atomic E-state index is 10.1. The van der Waals surface area contributed by atoms with E-state index in [0.717, 1.165) is 78.8 Å². The van der Waals surface area contributed by atoms with Crippen LogP contribution in [0.2, 0.25) is 0 Å². The summed E-state index contributed by atoms with van der Waals surface area (Å²) < 4.78 is 64.9. The smallest absolute Gasteiger partial charge is 0.413 e. The second kappa shape index (κ2) is 58.6. The van der Waals surface area contributed by atoms with Gasteiger partial charge in [-0.3, -0.25) is 39.2 Å². The Hall–Kier alpha value is 0.303. The zero-order valence-corrected chi connectivity index (χ0v) is 71.9. The molecule has 15 N–H and O–H groups in total. The molecule has 0 saturated carbocycles. The van der Waals surface area contributed by atoms with Gasteiger partial charge in [-0.25, -0.2) is 5.25 Å². The van der Waals surface area contributed by atoms with Crippen molar-refractivity contribution in [2.45, 2.75) is 63.8 Å². The third-order valence-electron chi connectivity index (χ3n) is 7.90. The van der Waals surface area contributed by atoms with E-state index in [-0.39, 0.29) is 219 Å². The topological polar surface area (TPSA) is 463 Å². The molecule has 0 amide bonds. The van der Waals surface area contributed by atoms with E-state index >= 15 is 0 Å². The van der Waals surface area contributed by atoms with Gasteiger partial charge < -0.3 is 59.5 Å². The van der Waals surface area contributed by atoms with E-state index in [0.29, 0.717) is 29.2 Å². The number of aryl methyl sites for hydroxylation is 6. The van der Waals surface area contributed by atoms with E-state index in [1.807, 2.05) is 60.0 Å². The molecule has 45 heteroatoms. The number of nitrogen functional groups attached to an aromatic ring is 2. The Morgan fingerprint density at radius 2 is 1.10 bits per heavy atom. The molecule has 30 nitrogen and oxygen atoms in total. The van der Waals surface area contributed by atoms with E-state index < -0.39 is 19.7 Å². The molecular formula is C43H64BrCl2N21O9P4S2Y6-6. The first kappa shape index (κ1) is 110. The van der Waals surface area contributed by atoms with Gasteiger partial charge in [-0.2, -0.15) is 48.4 Å². The number of halogens is 3. The molecule has 9 aromatic rings. The second-order valence-electron chi connectivity index (χ2n) is 14.1. The van der Waals surface area contributed by atoms with Crippen LogP contribution in [0.4, 0.5) is 17.5 Å². The van der Waals surface area contributed by atoms with Crippen molar-refractivity contribution < 1.29 is 236 Å². The number of carbonyl (C=O) groups excluding carboxylic acids is 2. The van der Waals surface area contributed by atoms with Crippen LogP contribution in [0.1, 0.15) is 82.3 Å². The minimum Gasteiger partial charge on any atom is -0.432 e. The number of fused-ring (bicyclic) bond motifs is 3. The van der Waals surface area contributed by atoms with Crippen LogP contribution in [0.3, 0.4) is 0 Å². The second-order valence-corrected chi connectivity index (χ2v) is 21.3. The predicted octanol–water partition coefficient (Wildman–Crippen LogP) is 5.94. The standard InChI is InChI=1S/C7H8BrN4P2.C7H9N4P2.C7H7N4.C6H7N2O.C6H5N2.C6H6NO.CH4N2.3CH4.ClH2N.ClHO3S.H3NO4S.6Y/c1-4-2-5-7(12(13)14)9-3-10-11(5)6(4)8;1-5-2-6-7(11(12)13)8-4-9-10(6)3-5;1-5-2-6-7(8)9-4-10-11(6)3-5;1-5-2-6(4-9)8(7)3-5;1-5-2-6(3-7)8-4-5;1-5-2-6(4-8)7-3-5;2-1-3;;;;1-2;1-5(2,3)4;1-5-6(2,3)4;;;;;;/h3H,13-14H2,1H3;3-4H,12-13H2,1H3;3-4H,1H3,(H2,8,9,10);3-4H,7H2,1H3;4,8H,1H3;3-4,7H,1H3;1H,(H3,2,3);3*1H4;2H2;(H,2,3,4);1H2,(H,2,3,4);;;;;;/q6*-1;;;;;;;;;;;;;. The molecule has 0 fully saturated rings. The van der Waals surface area contributed by atoms with Crippen LogP contribution in [0.5, 0.6) is 0 Å². The first-order valence-electron chi connectivity index (χ1n) is 20.4. The summed E-state index contributed by atoms with van der Waals surface area (Å²) in [5, 5.41) is 30.2. The normalized spacial score (nSPS) is 8.86. The minimum atomic E-state index is -4.38. The molecule has 4 unspecified atom stereocenters. The monoisotopic (exact) mass is 1890 g/mol. The summed E-state index contributed by atoms with van der Waals surface area (Å²) in [6.45, 7) is 11.5. The molecule has 0 saturated heterocycles. The van der Waals surface area contributed by atoms with Crippen molar-refractivity contribution in [3.63, 3.8) is 0 Å². The molecule has 0 bridgehead atoms. The average molecular weight is 1890 g/mol. The van der Waals surface area contributed by atoms with Gasteiger partial charge in [0.2, 0.25) is 0 Å². The summed E-state index contributed by atoms with van der Waals surface area (Å²) in [6.07, 6.45) is 15.5. The van der Waals surface area contributed by atoms with Gasteiger partial charge in [0, 0.05) is 217 Å². The molecule has 6 radical (unpaired) electrons. The zero-order chi connectivity index (χ0) is 60.8. The van der Waals surface area contributed by atoms with Crippen molar-refractivity contribution in [3.05, 3.63) is 141 Å². The number of aldehydes is 2. The van der Waals surface area contributed by atoms with Crippen molar-refractivity contribution in [1.29, 1.82) is 10.7 Å². The maximum Gasteiger partial charge on any atom is 0.413 e. The fourth-order valence-electron chi connectivity index (χ4n) is 5.05. The van der Waals surface area contributed by atoms with E-state index in [1.54, 1.807) is 41.0 Å². The van der Waals surface area contributed by atoms with E-state index in [1.165, 1.54) is 23.7 Å². The number of nitrogens with one attached hydrogen (secondary N) is 3. The molecule has 9 aromatic heterocycles. The van der Waals surface area contributed by atoms with Gasteiger partial charge in [-0.1, -0.05) is 94.8 Å². The van der Waals surface area contributed by atoms with Crippen molar-refractivity contribution in [2.75, 3.05) is 20.5 Å². The number of anilines is 3. The van der Waals surface area contributed by atoms with Gasteiger partial charge in [0.05, 0.1) is 30.5 Å². The van der Waals surface area contributed by atoms with Gasteiger partial charge in [0.15, 0.2) is 0 Å². The van der Waals surface area contributed by atoms with Crippen LogP contribution in [-0.2, 0) is 220 Å². The largest absolute Gasteiger partial charge is 0.432 e. The molecule has 9 heterocycles. The number of nitrogens with two attached hydrogens (primary N) is 5. The molecule has 0 aromatic carbocycles. The Bertz CT molecular complexity index is 3620. The van der Waals surface area contributed by atoms with E-state index in [2.05, 4.69) is 174 Å². The molecular weight excluding hydrogens is 1830 g/mol. The molecule has 0 aliphatic rings. The van der Waals surface area contributed by atoms with Crippen LogP contribution >= 0.6 is 76.0 Å². The summed E-state index contributed by atoms with van der Waals surface area (Å²) in [7, 11) is 5.59. The number of H-pyrrole nitrogens is 2. The van der Waals surface area contributed by atoms with Gasteiger partial charge in [-0.05, 0) is 89.0 Å². The number of aromatic amines is 2. The van der Waals surface area contributed by atoms with Crippen LogP contribution < -0.4 is 37.3 Å². The number of aromatic nitrogens is 12.